The number of carbonyl (C=O) groups is 2. The summed E-state index contributed by atoms with van der Waals surface area (Å²) in [5, 5.41) is 29.6. The predicted octanol–water partition coefficient (Wildman–Crippen LogP) is 8.29. The van der Waals surface area contributed by atoms with Crippen LogP contribution in [0.1, 0.15) is 128 Å². The quantitative estimate of drug-likeness (QED) is 0.0925. The first kappa shape index (κ1) is 38.3. The molecule has 16 fully saturated rings. The number of aliphatic carboxylic acids is 1. The van der Waals surface area contributed by atoms with E-state index in [-0.39, 0.29) is 42.2 Å². The van der Waals surface area contributed by atoms with Crippen molar-refractivity contribution in [1.29, 1.82) is 0 Å². The lowest BCUT2D eigenvalue weighted by atomic mass is 9.48. The number of carboxylic acid groups (broad SMARTS) is 1. The number of carboxylic acids is 1. The van der Waals surface area contributed by atoms with Gasteiger partial charge >= 0.3 is 11.9 Å². The Labute approximate surface area is 333 Å². The molecule has 16 saturated carbocycles. The minimum absolute atomic E-state index is 0.0427. The van der Waals surface area contributed by atoms with Crippen molar-refractivity contribution in [2.24, 2.45) is 106 Å². The van der Waals surface area contributed by atoms with Gasteiger partial charge < -0.3 is 29.5 Å². The summed E-state index contributed by atoms with van der Waals surface area (Å²) in [6.45, 7) is 1.84. The molecule has 55 heavy (non-hydrogen) atoms. The van der Waals surface area contributed by atoms with Gasteiger partial charge in [0.15, 0.2) is 6.79 Å². The third kappa shape index (κ3) is 7.05. The Hall–Kier alpha value is -0.930. The smallest absolute Gasteiger partial charge is 0.314 e. The minimum Gasteiger partial charge on any atom is -0.481 e. The lowest BCUT2D eigenvalue weighted by Crippen LogP contribution is -2.56. The molecular weight excluding hydrogens is 716 g/mol. The van der Waals surface area contributed by atoms with Gasteiger partial charge in [0, 0.05) is 0 Å². The fourth-order valence-electron chi connectivity index (χ4n) is 17.7. The number of carbonyl (C=O) groups excluding carboxylic acids is 1. The highest BCUT2D eigenvalue weighted by Crippen LogP contribution is 2.62. The number of alkyl halides is 1. The number of ether oxygens (including phenoxy) is 3. The highest BCUT2D eigenvalue weighted by Gasteiger charge is 2.60. The zero-order valence-electron chi connectivity index (χ0n) is 33.1. The highest BCUT2D eigenvalue weighted by molar-refractivity contribution is 6.17. The summed E-state index contributed by atoms with van der Waals surface area (Å²) in [6.07, 6.45) is 23.5. The standard InChI is InChI=1S/C23H34O4.C12H19ClO.C11H16O3/c24-21-18-6-15-7-19(21)10-23(8-15,9-18)22(25)27-12-26-11-20-16-2-13-1-14(4-16)5-17(20)3-13;13-7-14-6-12-10-2-8-1-9(4-10)5-11(12)3-8;12-9-7-1-6-2-8(9)5-11(3-6,4-7)10(13)14/h13-21,24H,1-12H2;8-12H,1-7H2;6-9,12H,1-5H2,(H,13,14). The van der Waals surface area contributed by atoms with Crippen LogP contribution in [0.5, 0.6) is 0 Å². The molecule has 8 nitrogen and oxygen atoms in total. The average molecular weight is 786 g/mol. The molecule has 0 saturated heterocycles. The molecule has 0 amide bonds. The Morgan fingerprint density at radius 2 is 0.855 bits per heavy atom. The first-order valence-corrected chi connectivity index (χ1v) is 23.6. The van der Waals surface area contributed by atoms with E-state index >= 15 is 0 Å². The van der Waals surface area contributed by atoms with Gasteiger partial charge in [0.05, 0.1) is 36.3 Å². The molecule has 0 radical (unpaired) electrons. The zero-order chi connectivity index (χ0) is 37.6. The Bertz CT molecular complexity index is 1350. The van der Waals surface area contributed by atoms with Crippen molar-refractivity contribution in [3.05, 3.63) is 0 Å². The number of rotatable bonds is 9. The summed E-state index contributed by atoms with van der Waals surface area (Å²) >= 11 is 5.59. The van der Waals surface area contributed by atoms with E-state index in [1.165, 1.54) is 64.2 Å². The number of halogens is 1. The predicted molar refractivity (Wildman–Crippen MR) is 206 cm³/mol. The van der Waals surface area contributed by atoms with Gasteiger partial charge in [0.25, 0.3) is 0 Å². The lowest BCUT2D eigenvalue weighted by Gasteiger charge is -2.57. The van der Waals surface area contributed by atoms with Crippen molar-refractivity contribution in [2.45, 2.75) is 141 Å². The molecule has 16 bridgehead atoms. The van der Waals surface area contributed by atoms with E-state index in [2.05, 4.69) is 0 Å². The van der Waals surface area contributed by atoms with Gasteiger partial charge in [-0.2, -0.15) is 0 Å². The third-order valence-electron chi connectivity index (χ3n) is 19.1. The summed E-state index contributed by atoms with van der Waals surface area (Å²) < 4.78 is 17.0. The van der Waals surface area contributed by atoms with Crippen LogP contribution in [0.3, 0.4) is 0 Å². The van der Waals surface area contributed by atoms with Crippen LogP contribution in [0.2, 0.25) is 0 Å². The van der Waals surface area contributed by atoms with Crippen molar-refractivity contribution >= 4 is 23.5 Å². The average Bonchev–Trinajstić information content (AvgIpc) is 3.14. The highest BCUT2D eigenvalue weighted by atomic mass is 35.5. The molecule has 308 valence electrons. The van der Waals surface area contributed by atoms with Crippen molar-refractivity contribution in [2.75, 3.05) is 26.1 Å². The zero-order valence-corrected chi connectivity index (χ0v) is 33.9. The number of aliphatic hydroxyl groups excluding tert-OH is 2. The minimum atomic E-state index is -0.621. The van der Waals surface area contributed by atoms with Gasteiger partial charge in [0.1, 0.15) is 6.07 Å². The van der Waals surface area contributed by atoms with Gasteiger partial charge in [-0.15, -0.1) is 0 Å². The fraction of sp³-hybridized carbons (Fsp3) is 0.957. The molecule has 3 N–H and O–H groups in total. The van der Waals surface area contributed by atoms with Gasteiger partial charge in [0.2, 0.25) is 0 Å². The summed E-state index contributed by atoms with van der Waals surface area (Å²) in [5.74, 6) is 11.1. The molecule has 16 rings (SSSR count). The van der Waals surface area contributed by atoms with E-state index in [4.69, 9.17) is 25.8 Å². The van der Waals surface area contributed by atoms with Gasteiger partial charge in [-0.1, -0.05) is 11.6 Å². The van der Waals surface area contributed by atoms with Crippen LogP contribution in [0, 0.1) is 106 Å². The van der Waals surface area contributed by atoms with Crippen LogP contribution >= 0.6 is 11.6 Å². The summed E-state index contributed by atoms with van der Waals surface area (Å²) in [4.78, 5) is 24.2. The monoisotopic (exact) mass is 784 g/mol. The second-order valence-electron chi connectivity index (χ2n) is 22.4. The van der Waals surface area contributed by atoms with Gasteiger partial charge in [-0.05, 0) is 223 Å². The summed E-state index contributed by atoms with van der Waals surface area (Å²) in [7, 11) is 0. The first-order chi connectivity index (χ1) is 26.6. The van der Waals surface area contributed by atoms with Crippen molar-refractivity contribution < 1.29 is 39.1 Å². The fourth-order valence-corrected chi connectivity index (χ4v) is 17.8. The van der Waals surface area contributed by atoms with Crippen molar-refractivity contribution in [3.63, 3.8) is 0 Å². The van der Waals surface area contributed by atoms with E-state index in [0.29, 0.717) is 35.7 Å². The number of esters is 1. The SMILES string of the molecule is ClCOCC1C2CC3CC(C2)CC1C3.O=C(O)C12CC3CC(C1)C(O)C(C3)C2.O=C(OCOCC1C2CC3CC(C2)CC1C3)C12CC3CC(C1)C(O)C(C3)C2. The van der Waals surface area contributed by atoms with Crippen molar-refractivity contribution in [3.8, 4) is 0 Å². The lowest BCUT2D eigenvalue weighted by molar-refractivity contribution is -0.196. The second kappa shape index (κ2) is 15.0. The number of hydrogen-bond acceptors (Lipinski definition) is 7. The van der Waals surface area contributed by atoms with Crippen LogP contribution in [0.4, 0.5) is 0 Å². The topological polar surface area (TPSA) is 123 Å². The normalized spacial score (nSPS) is 53.4. The number of hydrogen-bond donors (Lipinski definition) is 3. The van der Waals surface area contributed by atoms with Crippen LogP contribution in [0.25, 0.3) is 0 Å². The molecule has 16 aliphatic carbocycles. The molecule has 16 aliphatic rings. The van der Waals surface area contributed by atoms with Crippen LogP contribution in [-0.2, 0) is 23.8 Å². The van der Waals surface area contributed by atoms with Crippen LogP contribution in [-0.4, -0.2) is 65.5 Å². The maximum absolute atomic E-state index is 12.9. The molecule has 0 spiro atoms. The van der Waals surface area contributed by atoms with Crippen LogP contribution < -0.4 is 0 Å². The molecule has 4 unspecified atom stereocenters. The summed E-state index contributed by atoms with van der Waals surface area (Å²) in [5.41, 5.74) is -0.780. The molecular formula is C46H69ClO8. The van der Waals surface area contributed by atoms with Gasteiger partial charge in [-0.3, -0.25) is 9.59 Å². The Morgan fingerprint density at radius 1 is 0.491 bits per heavy atom. The third-order valence-corrected chi connectivity index (χ3v) is 19.3. The van der Waals surface area contributed by atoms with E-state index in [0.717, 1.165) is 131 Å². The van der Waals surface area contributed by atoms with E-state index in [9.17, 15) is 24.9 Å². The van der Waals surface area contributed by atoms with E-state index < -0.39 is 11.4 Å². The molecule has 9 heteroatoms. The molecule has 4 atom stereocenters. The molecule has 0 aromatic heterocycles. The first-order valence-electron chi connectivity index (χ1n) is 23.0. The maximum atomic E-state index is 12.9. The Balaban J connectivity index is 0.000000112. The van der Waals surface area contributed by atoms with Crippen molar-refractivity contribution in [1.82, 2.24) is 0 Å². The molecule has 0 aromatic carbocycles. The van der Waals surface area contributed by atoms with Gasteiger partial charge in [-0.25, -0.2) is 0 Å². The molecule has 0 aliphatic heterocycles. The second-order valence-corrected chi connectivity index (χ2v) is 22.6. The number of aliphatic hydroxyl groups is 2. The van der Waals surface area contributed by atoms with E-state index in [1.54, 1.807) is 0 Å². The Morgan fingerprint density at radius 3 is 1.25 bits per heavy atom. The largest absolute Gasteiger partial charge is 0.481 e. The molecule has 0 aromatic rings. The maximum Gasteiger partial charge on any atom is 0.314 e. The Kier molecular flexibility index (Phi) is 10.4. The van der Waals surface area contributed by atoms with E-state index in [1.807, 2.05) is 0 Å². The summed E-state index contributed by atoms with van der Waals surface area (Å²) in [6, 6.07) is 0.378. The molecule has 0 heterocycles. The van der Waals surface area contributed by atoms with Crippen LogP contribution in [0.15, 0.2) is 0 Å².